The number of nitrogens with zero attached hydrogens (tertiary/aromatic N) is 2. The molecule has 1 aliphatic carbocycles. The third kappa shape index (κ3) is 4.58. The molecule has 0 spiro atoms. The number of amides is 2. The largest absolute Gasteiger partial charge is 0.353 e. The molecule has 4 saturated heterocycles. The fourth-order valence-electron chi connectivity index (χ4n) is 6.76. The molecule has 2 amide bonds. The van der Waals surface area contributed by atoms with Gasteiger partial charge in [0.1, 0.15) is 0 Å². The van der Waals surface area contributed by atoms with E-state index in [2.05, 4.69) is 50.8 Å². The summed E-state index contributed by atoms with van der Waals surface area (Å²) >= 11 is 0. The second-order valence-electron chi connectivity index (χ2n) is 10.6. The number of carbonyl (C=O) groups is 2. The fraction of sp³-hybridized carbons (Fsp3) is 0.692. The molecular formula is C26H38N4O2. The summed E-state index contributed by atoms with van der Waals surface area (Å²) in [7, 11) is 0. The Morgan fingerprint density at radius 3 is 2.06 bits per heavy atom. The highest BCUT2D eigenvalue weighted by atomic mass is 16.2. The van der Waals surface area contributed by atoms with E-state index < -0.39 is 0 Å². The molecule has 4 bridgehead atoms. The average Bonchev–Trinajstić information content (AvgIpc) is 3.20. The molecule has 5 aliphatic rings. The molecule has 4 aliphatic heterocycles. The van der Waals surface area contributed by atoms with Crippen LogP contribution in [0.5, 0.6) is 0 Å². The van der Waals surface area contributed by atoms with E-state index in [4.69, 9.17) is 0 Å². The number of fused-ring (bicyclic) bond motifs is 1. The molecule has 3 unspecified atom stereocenters. The molecule has 2 N–H and O–H groups in total. The highest BCUT2D eigenvalue weighted by Gasteiger charge is 2.55. The SMILES string of the molecule is O=C(CCC(=O)NC1C2CN3CCN(C2)CC1(c1ccccc1)C3)NC1CCCCCC1. The van der Waals surface area contributed by atoms with Crippen LogP contribution in [-0.4, -0.2) is 73.0 Å². The first kappa shape index (κ1) is 21.9. The van der Waals surface area contributed by atoms with Crippen molar-refractivity contribution < 1.29 is 9.59 Å². The van der Waals surface area contributed by atoms with Crippen molar-refractivity contribution in [2.45, 2.75) is 68.9 Å². The predicted molar refractivity (Wildman–Crippen MR) is 125 cm³/mol. The molecule has 1 saturated carbocycles. The maximum Gasteiger partial charge on any atom is 0.220 e. The first-order chi connectivity index (χ1) is 15.6. The van der Waals surface area contributed by atoms with Crippen molar-refractivity contribution in [3.05, 3.63) is 35.9 Å². The molecule has 6 nitrogen and oxygen atoms in total. The third-order valence-corrected chi connectivity index (χ3v) is 8.26. The summed E-state index contributed by atoms with van der Waals surface area (Å²) in [6.07, 6.45) is 7.66. The van der Waals surface area contributed by atoms with Crippen molar-refractivity contribution in [3.8, 4) is 0 Å². The number of hydrogen-bond acceptors (Lipinski definition) is 4. The Morgan fingerprint density at radius 1 is 0.844 bits per heavy atom. The molecule has 5 fully saturated rings. The van der Waals surface area contributed by atoms with Gasteiger partial charge in [-0.25, -0.2) is 0 Å². The highest BCUT2D eigenvalue weighted by Crippen LogP contribution is 2.43. The van der Waals surface area contributed by atoms with Crippen LogP contribution < -0.4 is 10.6 Å². The highest BCUT2D eigenvalue weighted by molar-refractivity contribution is 5.84. The van der Waals surface area contributed by atoms with Crippen molar-refractivity contribution in [2.24, 2.45) is 5.92 Å². The summed E-state index contributed by atoms with van der Waals surface area (Å²) in [5.74, 6) is 0.491. The van der Waals surface area contributed by atoms with Gasteiger partial charge in [-0.1, -0.05) is 56.0 Å². The average molecular weight is 439 g/mol. The van der Waals surface area contributed by atoms with Gasteiger partial charge in [0.25, 0.3) is 0 Å². The molecular weight excluding hydrogens is 400 g/mol. The Kier molecular flexibility index (Phi) is 6.51. The molecule has 0 aromatic heterocycles. The molecule has 32 heavy (non-hydrogen) atoms. The van der Waals surface area contributed by atoms with E-state index in [0.29, 0.717) is 12.0 Å². The van der Waals surface area contributed by atoms with Crippen molar-refractivity contribution in [3.63, 3.8) is 0 Å². The topological polar surface area (TPSA) is 64.7 Å². The van der Waals surface area contributed by atoms with Crippen LogP contribution in [-0.2, 0) is 15.0 Å². The van der Waals surface area contributed by atoms with Gasteiger partial charge in [-0.15, -0.1) is 0 Å². The predicted octanol–water partition coefficient (Wildman–Crippen LogP) is 2.29. The van der Waals surface area contributed by atoms with E-state index in [1.54, 1.807) is 0 Å². The zero-order valence-electron chi connectivity index (χ0n) is 19.2. The first-order valence-electron chi connectivity index (χ1n) is 12.7. The maximum atomic E-state index is 13.0. The summed E-state index contributed by atoms with van der Waals surface area (Å²) in [6, 6.07) is 11.2. The van der Waals surface area contributed by atoms with Crippen molar-refractivity contribution in [1.29, 1.82) is 0 Å². The summed E-state index contributed by atoms with van der Waals surface area (Å²) in [5, 5.41) is 6.60. The molecule has 174 valence electrons. The lowest BCUT2D eigenvalue weighted by molar-refractivity contribution is -0.128. The standard InChI is InChI=1S/C26H38N4O2/c31-23(27-22-10-6-1-2-7-11-22)12-13-24(32)28-25-20-16-29-14-15-30(17-20)19-26(25,18-29)21-8-4-3-5-9-21/h3-5,8-9,20,22,25H,1-2,6-7,10-19H2,(H,27,31)(H,28,32). The molecule has 4 heterocycles. The van der Waals surface area contributed by atoms with Crippen molar-refractivity contribution in [2.75, 3.05) is 39.3 Å². The number of hydrogen-bond donors (Lipinski definition) is 2. The van der Waals surface area contributed by atoms with Gasteiger partial charge >= 0.3 is 0 Å². The van der Waals surface area contributed by atoms with Crippen LogP contribution in [0.25, 0.3) is 0 Å². The quantitative estimate of drug-likeness (QED) is 0.669. The normalized spacial score (nSPS) is 34.5. The Morgan fingerprint density at radius 2 is 1.44 bits per heavy atom. The Hall–Kier alpha value is -1.92. The Labute approximate surface area is 192 Å². The maximum absolute atomic E-state index is 13.0. The summed E-state index contributed by atoms with van der Waals surface area (Å²) < 4.78 is 0. The number of rotatable bonds is 6. The van der Waals surface area contributed by atoms with Crippen LogP contribution in [0.4, 0.5) is 0 Å². The van der Waals surface area contributed by atoms with Crippen molar-refractivity contribution >= 4 is 11.8 Å². The minimum atomic E-state index is -0.0722. The van der Waals surface area contributed by atoms with Crippen LogP contribution in [0, 0.1) is 5.92 Å². The fourth-order valence-corrected chi connectivity index (χ4v) is 6.76. The number of benzene rings is 1. The smallest absolute Gasteiger partial charge is 0.220 e. The summed E-state index contributed by atoms with van der Waals surface area (Å²) in [4.78, 5) is 30.7. The lowest BCUT2D eigenvalue weighted by Gasteiger charge is -2.55. The lowest BCUT2D eigenvalue weighted by atomic mass is 9.64. The van der Waals surface area contributed by atoms with E-state index in [9.17, 15) is 9.59 Å². The van der Waals surface area contributed by atoms with E-state index in [1.807, 2.05) is 0 Å². The van der Waals surface area contributed by atoms with Crippen LogP contribution >= 0.6 is 0 Å². The number of nitrogens with one attached hydrogen (secondary N) is 2. The van der Waals surface area contributed by atoms with Crippen LogP contribution in [0.3, 0.4) is 0 Å². The summed E-state index contributed by atoms with van der Waals surface area (Å²) in [5.41, 5.74) is 1.26. The van der Waals surface area contributed by atoms with E-state index in [1.165, 1.54) is 31.2 Å². The second kappa shape index (κ2) is 9.52. The van der Waals surface area contributed by atoms with Gasteiger partial charge in [0, 0.05) is 75.5 Å². The van der Waals surface area contributed by atoms with Crippen molar-refractivity contribution in [1.82, 2.24) is 20.4 Å². The number of carbonyl (C=O) groups excluding carboxylic acids is 2. The summed E-state index contributed by atoms with van der Waals surface area (Å²) in [6.45, 7) is 6.34. The minimum Gasteiger partial charge on any atom is -0.353 e. The monoisotopic (exact) mass is 438 g/mol. The first-order valence-corrected chi connectivity index (χ1v) is 12.7. The van der Waals surface area contributed by atoms with Crippen LogP contribution in [0.2, 0.25) is 0 Å². The van der Waals surface area contributed by atoms with Gasteiger partial charge in [0.15, 0.2) is 0 Å². The molecule has 6 rings (SSSR count). The molecule has 1 aromatic rings. The van der Waals surface area contributed by atoms with Gasteiger partial charge in [-0.3, -0.25) is 9.59 Å². The van der Waals surface area contributed by atoms with E-state index >= 15 is 0 Å². The molecule has 3 atom stereocenters. The van der Waals surface area contributed by atoms with Gasteiger partial charge in [0.05, 0.1) is 0 Å². The second-order valence-corrected chi connectivity index (χ2v) is 10.6. The zero-order chi connectivity index (χ0) is 22.0. The van der Waals surface area contributed by atoms with E-state index in [-0.39, 0.29) is 36.1 Å². The van der Waals surface area contributed by atoms with Gasteiger partial charge in [-0.05, 0) is 18.4 Å². The van der Waals surface area contributed by atoms with Gasteiger partial charge in [-0.2, -0.15) is 0 Å². The minimum absolute atomic E-state index is 0.0254. The van der Waals surface area contributed by atoms with Gasteiger partial charge in [0.2, 0.25) is 11.8 Å². The molecule has 0 radical (unpaired) electrons. The lowest BCUT2D eigenvalue weighted by Crippen LogP contribution is -2.70. The zero-order valence-corrected chi connectivity index (χ0v) is 19.2. The van der Waals surface area contributed by atoms with Crippen LogP contribution in [0.15, 0.2) is 30.3 Å². The molecule has 6 heteroatoms. The number of piperidine rings is 2. The Balaban J connectivity index is 1.23. The van der Waals surface area contributed by atoms with Gasteiger partial charge < -0.3 is 20.4 Å². The van der Waals surface area contributed by atoms with Crippen LogP contribution in [0.1, 0.15) is 56.9 Å². The van der Waals surface area contributed by atoms with E-state index in [0.717, 1.165) is 52.1 Å². The third-order valence-electron chi connectivity index (χ3n) is 8.26. The Bertz CT molecular complexity index is 789. The molecule has 1 aromatic carbocycles.